The van der Waals surface area contributed by atoms with Crippen LogP contribution in [0.3, 0.4) is 0 Å². The highest BCUT2D eigenvalue weighted by atomic mass is 32.2. The summed E-state index contributed by atoms with van der Waals surface area (Å²) in [5.41, 5.74) is 1.41. The van der Waals surface area contributed by atoms with Gasteiger partial charge in [0.1, 0.15) is 0 Å². The maximum Gasteiger partial charge on any atom is 0.340 e. The molecule has 0 unspecified atom stereocenters. The highest BCUT2D eigenvalue weighted by Crippen LogP contribution is 2.36. The van der Waals surface area contributed by atoms with E-state index in [0.29, 0.717) is 5.69 Å². The first kappa shape index (κ1) is 18.0. The topological polar surface area (TPSA) is 84.5 Å². The molecule has 1 aliphatic rings. The molecule has 7 heteroatoms. The SMILES string of the molecule is CCOC(=O)c1ccccc1NC(=O)C[C@H]1Sc2ccccc2NC1=O. The fourth-order valence-corrected chi connectivity index (χ4v) is 3.69. The van der Waals surface area contributed by atoms with E-state index in [0.717, 1.165) is 10.6 Å². The van der Waals surface area contributed by atoms with Gasteiger partial charge in [-0.2, -0.15) is 0 Å². The third-order valence-electron chi connectivity index (χ3n) is 3.77. The molecule has 1 heterocycles. The van der Waals surface area contributed by atoms with Crippen LogP contribution < -0.4 is 10.6 Å². The summed E-state index contributed by atoms with van der Waals surface area (Å²) in [5.74, 6) is -1.04. The number of anilines is 2. The molecule has 0 spiro atoms. The number of rotatable bonds is 5. The molecule has 2 amide bonds. The second-order valence-electron chi connectivity index (χ2n) is 5.61. The summed E-state index contributed by atoms with van der Waals surface area (Å²) in [7, 11) is 0. The highest BCUT2D eigenvalue weighted by molar-refractivity contribution is 8.01. The van der Waals surface area contributed by atoms with Crippen molar-refractivity contribution in [1.29, 1.82) is 0 Å². The summed E-state index contributed by atoms with van der Waals surface area (Å²) >= 11 is 1.36. The predicted octanol–water partition coefficient (Wildman–Crippen LogP) is 3.30. The van der Waals surface area contributed by atoms with Gasteiger partial charge in [-0.1, -0.05) is 24.3 Å². The van der Waals surface area contributed by atoms with Crippen LogP contribution in [0.4, 0.5) is 11.4 Å². The standard InChI is InChI=1S/C19H18N2O4S/c1-2-25-19(24)12-7-3-4-8-13(12)20-17(22)11-16-18(23)21-14-9-5-6-10-15(14)26-16/h3-10,16H,2,11H2,1H3,(H,20,22)(H,21,23)/t16-/m1/s1. The van der Waals surface area contributed by atoms with Crippen LogP contribution in [-0.4, -0.2) is 29.6 Å². The van der Waals surface area contributed by atoms with E-state index in [-0.39, 0.29) is 30.4 Å². The van der Waals surface area contributed by atoms with E-state index < -0.39 is 11.2 Å². The Hall–Kier alpha value is -2.80. The van der Waals surface area contributed by atoms with Crippen LogP contribution in [0.5, 0.6) is 0 Å². The van der Waals surface area contributed by atoms with E-state index in [1.807, 2.05) is 24.3 Å². The fraction of sp³-hybridized carbons (Fsp3) is 0.211. The van der Waals surface area contributed by atoms with Crippen LogP contribution in [-0.2, 0) is 14.3 Å². The molecule has 2 aromatic carbocycles. The number of thioether (sulfide) groups is 1. The quantitative estimate of drug-likeness (QED) is 0.789. The van der Waals surface area contributed by atoms with Crippen molar-refractivity contribution in [2.24, 2.45) is 0 Å². The Morgan fingerprint density at radius 1 is 1.15 bits per heavy atom. The molecule has 2 aromatic rings. The zero-order valence-electron chi connectivity index (χ0n) is 14.2. The zero-order chi connectivity index (χ0) is 18.5. The van der Waals surface area contributed by atoms with Gasteiger partial charge in [0, 0.05) is 11.3 Å². The number of carbonyl (C=O) groups excluding carboxylic acids is 3. The average Bonchev–Trinajstić information content (AvgIpc) is 2.63. The summed E-state index contributed by atoms with van der Waals surface area (Å²) in [6, 6.07) is 14.1. The van der Waals surface area contributed by atoms with Crippen LogP contribution in [0, 0.1) is 0 Å². The van der Waals surface area contributed by atoms with E-state index in [2.05, 4.69) is 10.6 Å². The van der Waals surface area contributed by atoms with Gasteiger partial charge in [0.2, 0.25) is 11.8 Å². The number of hydrogen-bond acceptors (Lipinski definition) is 5. The van der Waals surface area contributed by atoms with Gasteiger partial charge in [-0.05, 0) is 31.2 Å². The maximum absolute atomic E-state index is 12.4. The lowest BCUT2D eigenvalue weighted by Gasteiger charge is -2.23. The Labute approximate surface area is 155 Å². The minimum absolute atomic E-state index is 0.00198. The molecule has 0 radical (unpaired) electrons. The third-order valence-corrected chi connectivity index (χ3v) is 5.05. The van der Waals surface area contributed by atoms with Crippen molar-refractivity contribution in [3.05, 3.63) is 54.1 Å². The molecular weight excluding hydrogens is 352 g/mol. The second-order valence-corrected chi connectivity index (χ2v) is 6.85. The second kappa shape index (κ2) is 8.05. The number of benzene rings is 2. The summed E-state index contributed by atoms with van der Waals surface area (Å²) in [6.07, 6.45) is 0.00198. The van der Waals surface area contributed by atoms with Gasteiger partial charge in [-0.15, -0.1) is 11.8 Å². The molecule has 0 aromatic heterocycles. The molecule has 0 bridgehead atoms. The normalized spacial score (nSPS) is 15.6. The van der Waals surface area contributed by atoms with Crippen molar-refractivity contribution in [3.63, 3.8) is 0 Å². The first-order valence-corrected chi connectivity index (χ1v) is 9.09. The van der Waals surface area contributed by atoms with Crippen molar-refractivity contribution in [3.8, 4) is 0 Å². The van der Waals surface area contributed by atoms with E-state index in [4.69, 9.17) is 4.74 Å². The largest absolute Gasteiger partial charge is 0.462 e. The molecule has 0 saturated heterocycles. The summed E-state index contributed by atoms with van der Waals surface area (Å²) in [6.45, 7) is 1.97. The van der Waals surface area contributed by atoms with E-state index in [1.54, 1.807) is 31.2 Å². The Morgan fingerprint density at radius 3 is 2.69 bits per heavy atom. The van der Waals surface area contributed by atoms with Crippen molar-refractivity contribution in [2.75, 3.05) is 17.2 Å². The van der Waals surface area contributed by atoms with Gasteiger partial charge in [0.15, 0.2) is 0 Å². The summed E-state index contributed by atoms with van der Waals surface area (Å²) < 4.78 is 5.00. The monoisotopic (exact) mass is 370 g/mol. The van der Waals surface area contributed by atoms with Crippen LogP contribution >= 0.6 is 11.8 Å². The van der Waals surface area contributed by atoms with Gasteiger partial charge >= 0.3 is 5.97 Å². The Morgan fingerprint density at radius 2 is 1.88 bits per heavy atom. The number of nitrogens with one attached hydrogen (secondary N) is 2. The van der Waals surface area contributed by atoms with Crippen LogP contribution in [0.1, 0.15) is 23.7 Å². The van der Waals surface area contributed by atoms with E-state index in [1.165, 1.54) is 11.8 Å². The number of fused-ring (bicyclic) bond motifs is 1. The first-order chi connectivity index (χ1) is 12.6. The predicted molar refractivity (Wildman–Crippen MR) is 100 cm³/mol. The summed E-state index contributed by atoms with van der Waals surface area (Å²) in [5, 5.41) is 4.99. The lowest BCUT2D eigenvalue weighted by molar-refractivity contribution is -0.120. The van der Waals surface area contributed by atoms with Gasteiger partial charge in [-0.3, -0.25) is 9.59 Å². The zero-order valence-corrected chi connectivity index (χ0v) is 15.0. The molecule has 1 aliphatic heterocycles. The highest BCUT2D eigenvalue weighted by Gasteiger charge is 2.29. The van der Waals surface area contributed by atoms with E-state index in [9.17, 15) is 14.4 Å². The van der Waals surface area contributed by atoms with Crippen LogP contribution in [0.15, 0.2) is 53.4 Å². The Bertz CT molecular complexity index is 853. The molecule has 1 atom stereocenters. The molecular formula is C19H18N2O4S. The first-order valence-electron chi connectivity index (χ1n) is 8.21. The number of esters is 1. The molecule has 6 nitrogen and oxygen atoms in total. The third kappa shape index (κ3) is 4.05. The average molecular weight is 370 g/mol. The Balaban J connectivity index is 1.69. The smallest absolute Gasteiger partial charge is 0.340 e. The maximum atomic E-state index is 12.4. The molecule has 0 fully saturated rings. The van der Waals surface area contributed by atoms with Gasteiger partial charge in [0.05, 0.1) is 28.8 Å². The number of amides is 2. The lowest BCUT2D eigenvalue weighted by atomic mass is 10.1. The van der Waals surface area contributed by atoms with Gasteiger partial charge in [-0.25, -0.2) is 4.79 Å². The molecule has 3 rings (SSSR count). The van der Waals surface area contributed by atoms with E-state index >= 15 is 0 Å². The van der Waals surface area contributed by atoms with Crippen molar-refractivity contribution < 1.29 is 19.1 Å². The number of ether oxygens (including phenoxy) is 1. The van der Waals surface area contributed by atoms with Crippen molar-refractivity contribution in [1.82, 2.24) is 0 Å². The van der Waals surface area contributed by atoms with Crippen molar-refractivity contribution in [2.45, 2.75) is 23.5 Å². The Kier molecular flexibility index (Phi) is 5.58. The minimum Gasteiger partial charge on any atom is -0.462 e. The lowest BCUT2D eigenvalue weighted by Crippen LogP contribution is -2.32. The van der Waals surface area contributed by atoms with Crippen molar-refractivity contribution >= 4 is 40.9 Å². The van der Waals surface area contributed by atoms with Gasteiger partial charge < -0.3 is 15.4 Å². The molecule has 26 heavy (non-hydrogen) atoms. The molecule has 0 aliphatic carbocycles. The fourth-order valence-electron chi connectivity index (χ4n) is 2.58. The van der Waals surface area contributed by atoms with Gasteiger partial charge in [0.25, 0.3) is 0 Å². The summed E-state index contributed by atoms with van der Waals surface area (Å²) in [4.78, 5) is 37.5. The number of carbonyl (C=O) groups is 3. The molecule has 0 saturated carbocycles. The number of para-hydroxylation sites is 2. The molecule has 2 N–H and O–H groups in total. The van der Waals surface area contributed by atoms with Crippen LogP contribution in [0.25, 0.3) is 0 Å². The minimum atomic E-state index is -0.528. The molecule has 134 valence electrons. The van der Waals surface area contributed by atoms with Crippen LogP contribution in [0.2, 0.25) is 0 Å². The number of hydrogen-bond donors (Lipinski definition) is 2.